The standard InChI is InChI=1S/C10H7IN2O2/c11-7-3-1-2-6(4-7)8-5-9(14)13-10(15)12-8/h1-5H,(H2,12,13,14,15). The molecule has 0 saturated carbocycles. The lowest BCUT2D eigenvalue weighted by Gasteiger charge is -2.00. The number of nitrogens with one attached hydrogen (secondary N) is 2. The molecule has 76 valence electrons. The molecule has 0 aliphatic carbocycles. The second-order valence-corrected chi connectivity index (χ2v) is 4.26. The first kappa shape index (κ1) is 10.2. The van der Waals surface area contributed by atoms with Gasteiger partial charge in [-0.25, -0.2) is 4.79 Å². The van der Waals surface area contributed by atoms with E-state index in [2.05, 4.69) is 32.6 Å². The molecule has 4 nitrogen and oxygen atoms in total. The molecule has 0 amide bonds. The predicted octanol–water partition coefficient (Wildman–Crippen LogP) is 1.33. The van der Waals surface area contributed by atoms with Crippen LogP contribution in [0.25, 0.3) is 11.3 Å². The van der Waals surface area contributed by atoms with Crippen molar-refractivity contribution >= 4 is 22.6 Å². The van der Waals surface area contributed by atoms with Crippen molar-refractivity contribution in [1.82, 2.24) is 9.97 Å². The van der Waals surface area contributed by atoms with E-state index in [0.717, 1.165) is 9.13 Å². The van der Waals surface area contributed by atoms with E-state index in [1.54, 1.807) is 0 Å². The molecule has 0 aliphatic heterocycles. The molecule has 2 rings (SSSR count). The van der Waals surface area contributed by atoms with Crippen LogP contribution in [0, 0.1) is 3.57 Å². The summed E-state index contributed by atoms with van der Waals surface area (Å²) in [6.07, 6.45) is 0. The van der Waals surface area contributed by atoms with Gasteiger partial charge in [-0.05, 0) is 40.3 Å². The van der Waals surface area contributed by atoms with Gasteiger partial charge in [0, 0.05) is 9.64 Å². The van der Waals surface area contributed by atoms with Gasteiger partial charge in [-0.1, -0.05) is 12.1 Å². The van der Waals surface area contributed by atoms with E-state index in [1.165, 1.54) is 6.07 Å². The maximum absolute atomic E-state index is 11.1. The molecule has 1 heterocycles. The van der Waals surface area contributed by atoms with Crippen molar-refractivity contribution in [3.63, 3.8) is 0 Å². The first-order chi connectivity index (χ1) is 7.15. The number of hydrogen-bond donors (Lipinski definition) is 2. The minimum absolute atomic E-state index is 0.396. The van der Waals surface area contributed by atoms with Crippen LogP contribution < -0.4 is 11.2 Å². The van der Waals surface area contributed by atoms with Crippen LogP contribution in [0.3, 0.4) is 0 Å². The van der Waals surface area contributed by atoms with E-state index in [4.69, 9.17) is 0 Å². The van der Waals surface area contributed by atoms with Gasteiger partial charge in [-0.15, -0.1) is 0 Å². The summed E-state index contributed by atoms with van der Waals surface area (Å²) in [7, 11) is 0. The largest absolute Gasteiger partial charge is 0.326 e. The van der Waals surface area contributed by atoms with Crippen LogP contribution in [-0.4, -0.2) is 9.97 Å². The fourth-order valence-electron chi connectivity index (χ4n) is 1.28. The topological polar surface area (TPSA) is 65.7 Å². The maximum atomic E-state index is 11.1. The average molecular weight is 314 g/mol. The van der Waals surface area contributed by atoms with E-state index >= 15 is 0 Å². The predicted molar refractivity (Wildman–Crippen MR) is 65.8 cm³/mol. The van der Waals surface area contributed by atoms with Crippen molar-refractivity contribution in [2.45, 2.75) is 0 Å². The molecule has 2 aromatic rings. The summed E-state index contributed by atoms with van der Waals surface area (Å²) in [5.74, 6) is 0. The molecular weight excluding hydrogens is 307 g/mol. The van der Waals surface area contributed by atoms with E-state index in [-0.39, 0.29) is 0 Å². The number of aromatic amines is 2. The van der Waals surface area contributed by atoms with Gasteiger partial charge in [0.25, 0.3) is 5.56 Å². The molecule has 15 heavy (non-hydrogen) atoms. The summed E-state index contributed by atoms with van der Waals surface area (Å²) in [5.41, 5.74) is 0.469. The summed E-state index contributed by atoms with van der Waals surface area (Å²) in [4.78, 5) is 26.9. The van der Waals surface area contributed by atoms with Crippen molar-refractivity contribution in [2.75, 3.05) is 0 Å². The lowest BCUT2D eigenvalue weighted by molar-refractivity contribution is 1.04. The Balaban J connectivity index is 2.64. The lowest BCUT2D eigenvalue weighted by Crippen LogP contribution is -2.21. The van der Waals surface area contributed by atoms with E-state index in [1.807, 2.05) is 24.3 Å². The van der Waals surface area contributed by atoms with E-state index in [9.17, 15) is 9.59 Å². The Morgan fingerprint density at radius 1 is 1.07 bits per heavy atom. The summed E-state index contributed by atoms with van der Waals surface area (Å²) in [5, 5.41) is 0. The summed E-state index contributed by atoms with van der Waals surface area (Å²) < 4.78 is 1.05. The monoisotopic (exact) mass is 314 g/mol. The Bertz CT molecular complexity index is 572. The molecule has 0 atom stereocenters. The zero-order valence-corrected chi connectivity index (χ0v) is 9.74. The first-order valence-electron chi connectivity index (χ1n) is 4.25. The Hall–Kier alpha value is -1.37. The van der Waals surface area contributed by atoms with Crippen LogP contribution in [0.2, 0.25) is 0 Å². The lowest BCUT2D eigenvalue weighted by atomic mass is 10.1. The highest BCUT2D eigenvalue weighted by atomic mass is 127. The highest BCUT2D eigenvalue weighted by molar-refractivity contribution is 14.1. The average Bonchev–Trinajstić information content (AvgIpc) is 2.16. The van der Waals surface area contributed by atoms with Gasteiger partial charge in [-0.3, -0.25) is 9.78 Å². The van der Waals surface area contributed by atoms with Crippen LogP contribution >= 0.6 is 22.6 Å². The Morgan fingerprint density at radius 3 is 2.53 bits per heavy atom. The number of aromatic nitrogens is 2. The van der Waals surface area contributed by atoms with Crippen molar-refractivity contribution in [3.8, 4) is 11.3 Å². The Kier molecular flexibility index (Phi) is 2.72. The second-order valence-electron chi connectivity index (χ2n) is 3.01. The summed E-state index contributed by atoms with van der Waals surface area (Å²) in [6, 6.07) is 8.91. The minimum atomic E-state index is -0.489. The molecule has 1 aromatic heterocycles. The highest BCUT2D eigenvalue weighted by Crippen LogP contribution is 2.16. The number of benzene rings is 1. The third-order valence-corrected chi connectivity index (χ3v) is 2.57. The zero-order valence-electron chi connectivity index (χ0n) is 7.58. The first-order valence-corrected chi connectivity index (χ1v) is 5.32. The number of hydrogen-bond acceptors (Lipinski definition) is 2. The van der Waals surface area contributed by atoms with Crippen molar-refractivity contribution in [3.05, 3.63) is 54.7 Å². The van der Waals surface area contributed by atoms with Crippen LogP contribution in [-0.2, 0) is 0 Å². The molecule has 0 radical (unpaired) electrons. The number of H-pyrrole nitrogens is 2. The van der Waals surface area contributed by atoms with Crippen molar-refractivity contribution in [1.29, 1.82) is 0 Å². The van der Waals surface area contributed by atoms with Gasteiger partial charge >= 0.3 is 5.69 Å². The summed E-state index contributed by atoms with van der Waals surface area (Å²) in [6.45, 7) is 0. The van der Waals surface area contributed by atoms with Crippen LogP contribution in [0.1, 0.15) is 0 Å². The SMILES string of the molecule is O=c1cc(-c2cccc(I)c2)[nH]c(=O)[nH]1. The summed E-state index contributed by atoms with van der Waals surface area (Å²) >= 11 is 2.17. The molecular formula is C10H7IN2O2. The molecule has 0 bridgehead atoms. The molecule has 5 heteroatoms. The van der Waals surface area contributed by atoms with Gasteiger partial charge in [-0.2, -0.15) is 0 Å². The van der Waals surface area contributed by atoms with Gasteiger partial charge < -0.3 is 4.98 Å². The fourth-order valence-corrected chi connectivity index (χ4v) is 1.82. The van der Waals surface area contributed by atoms with Crippen molar-refractivity contribution in [2.24, 2.45) is 0 Å². The molecule has 0 aliphatic rings. The molecule has 1 aromatic carbocycles. The van der Waals surface area contributed by atoms with Crippen LogP contribution in [0.5, 0.6) is 0 Å². The van der Waals surface area contributed by atoms with Gasteiger partial charge in [0.05, 0.1) is 5.69 Å². The molecule has 0 fully saturated rings. The van der Waals surface area contributed by atoms with E-state index in [0.29, 0.717) is 5.69 Å². The molecule has 0 saturated heterocycles. The Labute approximate surface area is 98.5 Å². The van der Waals surface area contributed by atoms with Gasteiger partial charge in [0.2, 0.25) is 0 Å². The Morgan fingerprint density at radius 2 is 1.87 bits per heavy atom. The third kappa shape index (κ3) is 2.35. The fraction of sp³-hybridized carbons (Fsp3) is 0. The van der Waals surface area contributed by atoms with Gasteiger partial charge in [0.15, 0.2) is 0 Å². The number of rotatable bonds is 1. The minimum Gasteiger partial charge on any atom is -0.307 e. The zero-order chi connectivity index (χ0) is 10.8. The highest BCUT2D eigenvalue weighted by Gasteiger charge is 2.00. The molecule has 2 N–H and O–H groups in total. The van der Waals surface area contributed by atoms with Crippen LogP contribution in [0.15, 0.2) is 39.9 Å². The molecule has 0 unspecified atom stereocenters. The van der Waals surface area contributed by atoms with E-state index < -0.39 is 11.2 Å². The van der Waals surface area contributed by atoms with Crippen LogP contribution in [0.4, 0.5) is 0 Å². The second kappa shape index (κ2) is 4.01. The van der Waals surface area contributed by atoms with Crippen molar-refractivity contribution < 1.29 is 0 Å². The maximum Gasteiger partial charge on any atom is 0.326 e. The smallest absolute Gasteiger partial charge is 0.307 e. The molecule has 0 spiro atoms. The third-order valence-electron chi connectivity index (χ3n) is 1.90. The normalized spacial score (nSPS) is 10.2. The van der Waals surface area contributed by atoms with Gasteiger partial charge in [0.1, 0.15) is 0 Å². The number of halogens is 1. The quantitative estimate of drug-likeness (QED) is 0.780.